The summed E-state index contributed by atoms with van der Waals surface area (Å²) in [4.78, 5) is 11.1. The number of nitrogens with zero attached hydrogens (tertiary/aromatic N) is 1. The van der Waals surface area contributed by atoms with E-state index in [0.717, 1.165) is 17.4 Å². The molecule has 1 heterocycles. The summed E-state index contributed by atoms with van der Waals surface area (Å²) >= 11 is 0. The quantitative estimate of drug-likeness (QED) is 0.761. The number of benzene rings is 2. The molecule has 0 unspecified atom stereocenters. The van der Waals surface area contributed by atoms with Gasteiger partial charge in [-0.1, -0.05) is 6.07 Å². The molecular formula is C18H21N3O5S2. The highest BCUT2D eigenvalue weighted by atomic mass is 32.2. The van der Waals surface area contributed by atoms with Crippen LogP contribution in [-0.4, -0.2) is 39.8 Å². The predicted molar refractivity (Wildman–Crippen MR) is 107 cm³/mol. The van der Waals surface area contributed by atoms with Crippen molar-refractivity contribution in [1.29, 1.82) is 0 Å². The third kappa shape index (κ3) is 4.70. The number of amides is 1. The predicted octanol–water partition coefficient (Wildman–Crippen LogP) is 1.76. The zero-order chi connectivity index (χ0) is 20.5. The van der Waals surface area contributed by atoms with E-state index < -0.39 is 20.0 Å². The Kier molecular flexibility index (Phi) is 5.46. The number of hydrogen-bond acceptors (Lipinski definition) is 5. The molecule has 2 N–H and O–H groups in total. The van der Waals surface area contributed by atoms with Crippen LogP contribution < -0.4 is 10.0 Å². The van der Waals surface area contributed by atoms with Crippen molar-refractivity contribution in [2.45, 2.75) is 24.8 Å². The summed E-state index contributed by atoms with van der Waals surface area (Å²) in [6, 6.07) is 11.0. The van der Waals surface area contributed by atoms with E-state index in [0.29, 0.717) is 24.3 Å². The van der Waals surface area contributed by atoms with Crippen molar-refractivity contribution in [2.24, 2.45) is 0 Å². The monoisotopic (exact) mass is 423 g/mol. The summed E-state index contributed by atoms with van der Waals surface area (Å²) in [7, 11) is -7.13. The molecule has 0 saturated heterocycles. The number of sulfonamides is 2. The molecule has 1 amide bonds. The van der Waals surface area contributed by atoms with Gasteiger partial charge in [-0.15, -0.1) is 0 Å². The van der Waals surface area contributed by atoms with Crippen LogP contribution in [0.2, 0.25) is 0 Å². The van der Waals surface area contributed by atoms with Gasteiger partial charge in [0.25, 0.3) is 10.0 Å². The molecule has 150 valence electrons. The second kappa shape index (κ2) is 7.53. The SMILES string of the molecule is CC(=O)Nc1ccc(S(=O)(=O)Nc2ccc3c(c2)CN(S(C)(=O)=O)CC3)cc1. The first-order valence-corrected chi connectivity index (χ1v) is 11.9. The summed E-state index contributed by atoms with van der Waals surface area (Å²) in [5.41, 5.74) is 2.64. The normalized spacial score (nSPS) is 14.9. The lowest BCUT2D eigenvalue weighted by Gasteiger charge is -2.27. The first-order valence-electron chi connectivity index (χ1n) is 8.52. The molecule has 0 aromatic heterocycles. The largest absolute Gasteiger partial charge is 0.326 e. The molecule has 2 aromatic carbocycles. The minimum absolute atomic E-state index is 0.0529. The Morgan fingerprint density at radius 1 is 0.964 bits per heavy atom. The van der Waals surface area contributed by atoms with Gasteiger partial charge in [0.05, 0.1) is 11.2 Å². The van der Waals surface area contributed by atoms with E-state index in [1.165, 1.54) is 35.5 Å². The maximum absolute atomic E-state index is 12.6. The third-order valence-corrected chi connectivity index (χ3v) is 7.04. The van der Waals surface area contributed by atoms with Gasteiger partial charge in [0.1, 0.15) is 0 Å². The summed E-state index contributed by atoms with van der Waals surface area (Å²) in [5.74, 6) is -0.245. The molecule has 0 radical (unpaired) electrons. The van der Waals surface area contributed by atoms with Crippen LogP contribution >= 0.6 is 0 Å². The van der Waals surface area contributed by atoms with Gasteiger partial charge < -0.3 is 5.32 Å². The molecule has 1 aliphatic heterocycles. The number of hydrogen-bond donors (Lipinski definition) is 2. The van der Waals surface area contributed by atoms with Gasteiger partial charge in [-0.2, -0.15) is 4.31 Å². The minimum atomic E-state index is -3.82. The molecule has 0 spiro atoms. The fraction of sp³-hybridized carbons (Fsp3) is 0.278. The summed E-state index contributed by atoms with van der Waals surface area (Å²) < 4.78 is 52.7. The number of carbonyl (C=O) groups excluding carboxylic acids is 1. The molecule has 10 heteroatoms. The number of nitrogens with one attached hydrogen (secondary N) is 2. The van der Waals surface area contributed by atoms with Crippen molar-refractivity contribution in [3.05, 3.63) is 53.6 Å². The Hall–Kier alpha value is -2.43. The van der Waals surface area contributed by atoms with Gasteiger partial charge in [0.15, 0.2) is 0 Å². The van der Waals surface area contributed by atoms with Crippen LogP contribution in [0.5, 0.6) is 0 Å². The van der Waals surface area contributed by atoms with E-state index >= 15 is 0 Å². The Morgan fingerprint density at radius 3 is 2.21 bits per heavy atom. The smallest absolute Gasteiger partial charge is 0.261 e. The standard InChI is InChI=1S/C18H21N3O5S2/c1-13(22)19-16-5-7-18(8-6-16)28(25,26)20-17-4-3-14-9-10-21(27(2,23)24)12-15(14)11-17/h3-8,11,20H,9-10,12H2,1-2H3,(H,19,22). The van der Waals surface area contributed by atoms with Crippen molar-refractivity contribution in [1.82, 2.24) is 4.31 Å². The fourth-order valence-corrected chi connectivity index (χ4v) is 4.86. The lowest BCUT2D eigenvalue weighted by Crippen LogP contribution is -2.35. The first-order chi connectivity index (χ1) is 13.0. The zero-order valence-corrected chi connectivity index (χ0v) is 17.1. The van der Waals surface area contributed by atoms with E-state index in [1.54, 1.807) is 12.1 Å². The second-order valence-electron chi connectivity index (χ2n) is 6.64. The van der Waals surface area contributed by atoms with Crippen molar-refractivity contribution >= 4 is 37.3 Å². The summed E-state index contributed by atoms with van der Waals surface area (Å²) in [6.07, 6.45) is 1.75. The molecule has 0 atom stereocenters. The van der Waals surface area contributed by atoms with E-state index in [2.05, 4.69) is 10.0 Å². The highest BCUT2D eigenvalue weighted by Gasteiger charge is 2.24. The molecule has 2 aromatic rings. The topological polar surface area (TPSA) is 113 Å². The highest BCUT2D eigenvalue weighted by Crippen LogP contribution is 2.26. The van der Waals surface area contributed by atoms with Gasteiger partial charge in [0.2, 0.25) is 15.9 Å². The second-order valence-corrected chi connectivity index (χ2v) is 10.3. The summed E-state index contributed by atoms with van der Waals surface area (Å²) in [6.45, 7) is 2.00. The number of anilines is 2. The van der Waals surface area contributed by atoms with Crippen LogP contribution in [0.4, 0.5) is 11.4 Å². The molecule has 0 bridgehead atoms. The lowest BCUT2D eigenvalue weighted by atomic mass is 10.0. The van der Waals surface area contributed by atoms with E-state index in [-0.39, 0.29) is 17.3 Å². The fourth-order valence-electron chi connectivity index (χ4n) is 3.01. The van der Waals surface area contributed by atoms with Crippen LogP contribution in [0.25, 0.3) is 0 Å². The average molecular weight is 424 g/mol. The van der Waals surface area contributed by atoms with Crippen LogP contribution in [0.1, 0.15) is 18.1 Å². The Labute approximate surface area is 164 Å². The maximum atomic E-state index is 12.6. The first kappa shape index (κ1) is 20.3. The van der Waals surface area contributed by atoms with E-state index in [9.17, 15) is 21.6 Å². The van der Waals surface area contributed by atoms with Crippen molar-refractivity contribution < 1.29 is 21.6 Å². The van der Waals surface area contributed by atoms with Crippen LogP contribution in [0.3, 0.4) is 0 Å². The van der Waals surface area contributed by atoms with Gasteiger partial charge >= 0.3 is 0 Å². The van der Waals surface area contributed by atoms with Gasteiger partial charge in [0, 0.05) is 31.4 Å². The van der Waals surface area contributed by atoms with E-state index in [4.69, 9.17) is 0 Å². The van der Waals surface area contributed by atoms with Crippen molar-refractivity contribution in [3.8, 4) is 0 Å². The number of carbonyl (C=O) groups is 1. The molecule has 0 fully saturated rings. The van der Waals surface area contributed by atoms with Crippen molar-refractivity contribution in [2.75, 3.05) is 22.8 Å². The Bertz CT molecular complexity index is 1110. The summed E-state index contributed by atoms with van der Waals surface area (Å²) in [5, 5.41) is 2.58. The average Bonchev–Trinajstić information content (AvgIpc) is 2.60. The molecular weight excluding hydrogens is 402 g/mol. The van der Waals surface area contributed by atoms with Gasteiger partial charge in [-0.3, -0.25) is 9.52 Å². The number of fused-ring (bicyclic) bond motifs is 1. The molecule has 0 saturated carbocycles. The Morgan fingerprint density at radius 2 is 1.61 bits per heavy atom. The zero-order valence-electron chi connectivity index (χ0n) is 15.5. The van der Waals surface area contributed by atoms with Crippen molar-refractivity contribution in [3.63, 3.8) is 0 Å². The Balaban J connectivity index is 1.80. The third-order valence-electron chi connectivity index (χ3n) is 4.39. The minimum Gasteiger partial charge on any atom is -0.326 e. The van der Waals surface area contributed by atoms with Crippen LogP contribution in [0.15, 0.2) is 47.4 Å². The van der Waals surface area contributed by atoms with Crippen LogP contribution in [-0.2, 0) is 37.8 Å². The molecule has 0 aliphatic carbocycles. The van der Waals surface area contributed by atoms with Gasteiger partial charge in [-0.25, -0.2) is 16.8 Å². The molecule has 28 heavy (non-hydrogen) atoms. The van der Waals surface area contributed by atoms with E-state index in [1.807, 2.05) is 6.07 Å². The van der Waals surface area contributed by atoms with Gasteiger partial charge in [-0.05, 0) is 53.9 Å². The molecule has 1 aliphatic rings. The van der Waals surface area contributed by atoms with Crippen LogP contribution in [0, 0.1) is 0 Å². The molecule has 3 rings (SSSR count). The maximum Gasteiger partial charge on any atom is 0.261 e. The lowest BCUT2D eigenvalue weighted by molar-refractivity contribution is -0.114. The highest BCUT2D eigenvalue weighted by molar-refractivity contribution is 7.92. The molecule has 8 nitrogen and oxygen atoms in total. The number of rotatable bonds is 5.